The minimum atomic E-state index is -0.355. The van der Waals surface area contributed by atoms with Gasteiger partial charge in [-0.2, -0.15) is 0 Å². The van der Waals surface area contributed by atoms with Gasteiger partial charge in [-0.1, -0.05) is 25.4 Å². The fourth-order valence-corrected chi connectivity index (χ4v) is 2.42. The first kappa shape index (κ1) is 10.7. The molecule has 1 aliphatic heterocycles. The van der Waals surface area contributed by atoms with E-state index < -0.39 is 0 Å². The predicted octanol–water partition coefficient (Wildman–Crippen LogP) is 4.00. The van der Waals surface area contributed by atoms with Gasteiger partial charge in [-0.15, -0.1) is 0 Å². The summed E-state index contributed by atoms with van der Waals surface area (Å²) in [4.78, 5) is 0. The van der Waals surface area contributed by atoms with E-state index in [1.54, 1.807) is 6.07 Å². The number of rotatable bonds is 1. The van der Waals surface area contributed by atoms with Crippen molar-refractivity contribution in [1.29, 1.82) is 0 Å². The van der Waals surface area contributed by atoms with E-state index in [1.807, 2.05) is 0 Å². The van der Waals surface area contributed by atoms with Crippen LogP contribution in [0.1, 0.15) is 31.7 Å². The fourth-order valence-electron chi connectivity index (χ4n) is 2.13. The van der Waals surface area contributed by atoms with Gasteiger partial charge in [0.05, 0.1) is 11.6 Å². The number of halogens is 2. The van der Waals surface area contributed by atoms with E-state index >= 15 is 0 Å². The summed E-state index contributed by atoms with van der Waals surface area (Å²) in [7, 11) is 0. The Kier molecular flexibility index (Phi) is 2.87. The van der Waals surface area contributed by atoms with Gasteiger partial charge in [0.1, 0.15) is 11.6 Å². The average Bonchev–Trinajstić information content (AvgIpc) is 2.23. The Morgan fingerprint density at radius 1 is 1.47 bits per heavy atom. The predicted molar refractivity (Wildman–Crippen MR) is 59.1 cm³/mol. The fraction of sp³-hybridized carbons (Fsp3) is 0.500. The molecule has 0 saturated heterocycles. The van der Waals surface area contributed by atoms with Crippen LogP contribution in [-0.4, -0.2) is 6.61 Å². The van der Waals surface area contributed by atoms with Crippen molar-refractivity contribution >= 4 is 11.6 Å². The van der Waals surface area contributed by atoms with Gasteiger partial charge in [0.15, 0.2) is 0 Å². The van der Waals surface area contributed by atoms with Gasteiger partial charge >= 0.3 is 0 Å². The number of fused-ring (bicyclic) bond motifs is 1. The Hall–Kier alpha value is -0.760. The Balaban J connectivity index is 2.53. The standard InChI is InChI=1S/C12H14ClFO/c1-7(2)8-5-6-15-10-4-3-9(14)12(13)11(8)10/h3-4,7-8H,5-6H2,1-2H3. The molecular formula is C12H14ClFO. The van der Waals surface area contributed by atoms with Crippen LogP contribution in [0.15, 0.2) is 12.1 Å². The lowest BCUT2D eigenvalue weighted by atomic mass is 9.84. The third-order valence-electron chi connectivity index (χ3n) is 2.95. The molecule has 1 atom stereocenters. The Labute approximate surface area is 94.2 Å². The molecule has 3 heteroatoms. The molecule has 0 aliphatic carbocycles. The normalized spacial score (nSPS) is 19.9. The van der Waals surface area contributed by atoms with Gasteiger partial charge in [0, 0.05) is 5.56 Å². The first-order valence-corrected chi connectivity index (χ1v) is 5.59. The number of benzene rings is 1. The lowest BCUT2D eigenvalue weighted by Gasteiger charge is -2.29. The third-order valence-corrected chi connectivity index (χ3v) is 3.34. The molecule has 1 aromatic rings. The molecule has 1 unspecified atom stereocenters. The van der Waals surface area contributed by atoms with Crippen molar-refractivity contribution in [3.8, 4) is 5.75 Å². The van der Waals surface area contributed by atoms with Gasteiger partial charge in [0.25, 0.3) is 0 Å². The molecule has 0 radical (unpaired) electrons. The maximum atomic E-state index is 13.4. The summed E-state index contributed by atoms with van der Waals surface area (Å²) in [6.45, 7) is 4.94. The molecule has 0 aromatic heterocycles. The summed E-state index contributed by atoms with van der Waals surface area (Å²) < 4.78 is 18.8. The average molecular weight is 229 g/mol. The van der Waals surface area contributed by atoms with Crippen LogP contribution in [0.3, 0.4) is 0 Å². The molecule has 0 amide bonds. The van der Waals surface area contributed by atoms with Crippen LogP contribution in [0.5, 0.6) is 5.75 Å². The highest BCUT2D eigenvalue weighted by Crippen LogP contribution is 2.43. The molecule has 0 saturated carbocycles. The van der Waals surface area contributed by atoms with Crippen LogP contribution in [0.2, 0.25) is 5.02 Å². The zero-order valence-corrected chi connectivity index (χ0v) is 9.64. The number of hydrogen-bond acceptors (Lipinski definition) is 1. The molecule has 0 N–H and O–H groups in total. The van der Waals surface area contributed by atoms with E-state index in [9.17, 15) is 4.39 Å². The van der Waals surface area contributed by atoms with Gasteiger partial charge in [-0.05, 0) is 30.4 Å². The van der Waals surface area contributed by atoms with Gasteiger partial charge in [0.2, 0.25) is 0 Å². The molecule has 0 spiro atoms. The quantitative estimate of drug-likeness (QED) is 0.706. The SMILES string of the molecule is CC(C)C1CCOc2ccc(F)c(Cl)c21. The van der Waals surface area contributed by atoms with E-state index in [1.165, 1.54) is 6.07 Å². The molecule has 15 heavy (non-hydrogen) atoms. The third kappa shape index (κ3) is 1.83. The minimum absolute atomic E-state index is 0.228. The molecule has 1 heterocycles. The Morgan fingerprint density at radius 3 is 2.87 bits per heavy atom. The summed E-state index contributed by atoms with van der Waals surface area (Å²) in [5.41, 5.74) is 0.845. The first-order chi connectivity index (χ1) is 7.11. The van der Waals surface area contributed by atoms with Crippen molar-refractivity contribution in [1.82, 2.24) is 0 Å². The largest absolute Gasteiger partial charge is 0.493 e. The number of ether oxygens (including phenoxy) is 1. The van der Waals surface area contributed by atoms with Gasteiger partial charge in [-0.25, -0.2) is 4.39 Å². The molecule has 1 nitrogen and oxygen atoms in total. The van der Waals surface area contributed by atoms with Crippen molar-refractivity contribution < 1.29 is 9.13 Å². The summed E-state index contributed by atoms with van der Waals surface area (Å²) >= 11 is 5.99. The molecule has 1 aliphatic rings. The van der Waals surface area contributed by atoms with Gasteiger partial charge < -0.3 is 4.74 Å². The second kappa shape index (κ2) is 4.01. The zero-order valence-electron chi connectivity index (χ0n) is 8.89. The molecule has 82 valence electrons. The van der Waals surface area contributed by atoms with Crippen molar-refractivity contribution in [2.45, 2.75) is 26.2 Å². The maximum Gasteiger partial charge on any atom is 0.142 e. The van der Waals surface area contributed by atoms with Crippen LogP contribution in [0.25, 0.3) is 0 Å². The second-order valence-corrected chi connectivity index (χ2v) is 4.64. The van der Waals surface area contributed by atoms with Gasteiger partial charge in [-0.3, -0.25) is 0 Å². The first-order valence-electron chi connectivity index (χ1n) is 5.22. The minimum Gasteiger partial charge on any atom is -0.493 e. The summed E-state index contributed by atoms with van der Waals surface area (Å²) in [5.74, 6) is 1.14. The second-order valence-electron chi connectivity index (χ2n) is 4.26. The van der Waals surface area contributed by atoms with Crippen LogP contribution >= 0.6 is 11.6 Å². The summed E-state index contributed by atoms with van der Waals surface area (Å²) in [6.07, 6.45) is 0.911. The zero-order chi connectivity index (χ0) is 11.0. The monoisotopic (exact) mass is 228 g/mol. The van der Waals surface area contributed by atoms with E-state index in [0.717, 1.165) is 17.7 Å². The lowest BCUT2D eigenvalue weighted by Crippen LogP contribution is -2.19. The highest BCUT2D eigenvalue weighted by Gasteiger charge is 2.27. The van der Waals surface area contributed by atoms with Crippen molar-refractivity contribution in [3.05, 3.63) is 28.5 Å². The summed E-state index contributed by atoms with van der Waals surface area (Å²) in [6, 6.07) is 3.04. The van der Waals surface area contributed by atoms with E-state index in [2.05, 4.69) is 13.8 Å². The molecule has 0 fully saturated rings. The van der Waals surface area contributed by atoms with Crippen LogP contribution in [0.4, 0.5) is 4.39 Å². The Morgan fingerprint density at radius 2 is 2.20 bits per heavy atom. The topological polar surface area (TPSA) is 9.23 Å². The molecular weight excluding hydrogens is 215 g/mol. The van der Waals surface area contributed by atoms with Crippen LogP contribution < -0.4 is 4.74 Å². The number of hydrogen-bond donors (Lipinski definition) is 0. The van der Waals surface area contributed by atoms with Crippen molar-refractivity contribution in [2.24, 2.45) is 5.92 Å². The summed E-state index contributed by atoms with van der Waals surface area (Å²) in [5, 5.41) is 0.228. The molecule has 2 rings (SSSR count). The Bertz CT molecular complexity index is 376. The molecule has 0 bridgehead atoms. The lowest BCUT2D eigenvalue weighted by molar-refractivity contribution is 0.246. The molecule has 1 aromatic carbocycles. The van der Waals surface area contributed by atoms with Crippen LogP contribution in [-0.2, 0) is 0 Å². The van der Waals surface area contributed by atoms with E-state index in [-0.39, 0.29) is 10.8 Å². The smallest absolute Gasteiger partial charge is 0.142 e. The van der Waals surface area contributed by atoms with Crippen molar-refractivity contribution in [3.63, 3.8) is 0 Å². The maximum absolute atomic E-state index is 13.4. The van der Waals surface area contributed by atoms with E-state index in [0.29, 0.717) is 18.4 Å². The van der Waals surface area contributed by atoms with Crippen molar-refractivity contribution in [2.75, 3.05) is 6.61 Å². The van der Waals surface area contributed by atoms with Crippen LogP contribution in [0, 0.1) is 11.7 Å². The highest BCUT2D eigenvalue weighted by molar-refractivity contribution is 6.31. The highest BCUT2D eigenvalue weighted by atomic mass is 35.5. The van der Waals surface area contributed by atoms with E-state index in [4.69, 9.17) is 16.3 Å².